The first-order valence-corrected chi connectivity index (χ1v) is 9.63. The summed E-state index contributed by atoms with van der Waals surface area (Å²) in [7, 11) is 5.63. The maximum absolute atomic E-state index is 12.3. The molecule has 1 aliphatic heterocycles. The number of likely N-dealkylation sites (N-methyl/N-ethyl adjacent to an activating group) is 1. The lowest BCUT2D eigenvalue weighted by Gasteiger charge is -2.25. The second kappa shape index (κ2) is 9.41. The monoisotopic (exact) mass is 383 g/mol. The van der Waals surface area contributed by atoms with Gasteiger partial charge < -0.3 is 25.2 Å². The van der Waals surface area contributed by atoms with Crippen molar-refractivity contribution >= 4 is 17.5 Å². The van der Waals surface area contributed by atoms with Crippen LogP contribution < -0.4 is 20.3 Å². The SMILES string of the molecule is COc1cccc(C(CNC(=O)Nc2ccc(N3CCCC3)nc2)N(C)C)c1. The molecule has 7 heteroatoms. The fourth-order valence-corrected chi connectivity index (χ4v) is 3.41. The van der Waals surface area contributed by atoms with Crippen molar-refractivity contribution in [1.29, 1.82) is 0 Å². The Bertz CT molecular complexity index is 773. The third kappa shape index (κ3) is 5.13. The standard InChI is InChI=1S/C21H29N5O2/c1-25(2)19(16-7-6-8-18(13-16)28-3)15-23-21(27)24-17-9-10-20(22-14-17)26-11-4-5-12-26/h6-10,13-14,19H,4-5,11-12,15H2,1-3H3,(H2,23,24,27). The van der Waals surface area contributed by atoms with Crippen LogP contribution in [-0.4, -0.2) is 56.8 Å². The molecular weight excluding hydrogens is 354 g/mol. The Labute approximate surface area is 166 Å². The van der Waals surface area contributed by atoms with E-state index in [1.807, 2.05) is 50.5 Å². The summed E-state index contributed by atoms with van der Waals surface area (Å²) in [5.74, 6) is 1.77. The highest BCUT2D eigenvalue weighted by Gasteiger charge is 2.17. The van der Waals surface area contributed by atoms with Crippen LogP contribution in [0, 0.1) is 0 Å². The van der Waals surface area contributed by atoms with E-state index in [2.05, 4.69) is 25.4 Å². The highest BCUT2D eigenvalue weighted by molar-refractivity contribution is 5.89. The van der Waals surface area contributed by atoms with Gasteiger partial charge in [0.2, 0.25) is 0 Å². The highest BCUT2D eigenvalue weighted by atomic mass is 16.5. The van der Waals surface area contributed by atoms with Crippen LogP contribution in [0.15, 0.2) is 42.6 Å². The van der Waals surface area contributed by atoms with Crippen molar-refractivity contribution in [3.8, 4) is 5.75 Å². The Morgan fingerprint density at radius 2 is 2.04 bits per heavy atom. The number of nitrogens with zero attached hydrogens (tertiary/aromatic N) is 3. The predicted octanol–water partition coefficient (Wildman–Crippen LogP) is 3.11. The van der Waals surface area contributed by atoms with Crippen molar-refractivity contribution in [2.24, 2.45) is 0 Å². The summed E-state index contributed by atoms with van der Waals surface area (Å²) in [5, 5.41) is 5.80. The molecule has 7 nitrogen and oxygen atoms in total. The summed E-state index contributed by atoms with van der Waals surface area (Å²) in [4.78, 5) is 21.1. The number of anilines is 2. The fraction of sp³-hybridized carbons (Fsp3) is 0.429. The molecule has 150 valence electrons. The Hall–Kier alpha value is -2.80. The molecule has 0 spiro atoms. The maximum Gasteiger partial charge on any atom is 0.319 e. The zero-order chi connectivity index (χ0) is 19.9. The van der Waals surface area contributed by atoms with E-state index in [-0.39, 0.29) is 12.1 Å². The largest absolute Gasteiger partial charge is 0.497 e. The number of aromatic nitrogens is 1. The topological polar surface area (TPSA) is 69.7 Å². The summed E-state index contributed by atoms with van der Waals surface area (Å²) in [6.45, 7) is 2.58. The van der Waals surface area contributed by atoms with Gasteiger partial charge in [-0.25, -0.2) is 9.78 Å². The number of nitrogens with one attached hydrogen (secondary N) is 2. The zero-order valence-corrected chi connectivity index (χ0v) is 16.8. The molecule has 0 radical (unpaired) electrons. The second-order valence-corrected chi connectivity index (χ2v) is 7.19. The maximum atomic E-state index is 12.3. The molecule has 0 saturated carbocycles. The molecule has 1 atom stereocenters. The Balaban J connectivity index is 1.55. The molecule has 2 amide bonds. The lowest BCUT2D eigenvalue weighted by atomic mass is 10.1. The number of ether oxygens (including phenoxy) is 1. The normalized spacial score (nSPS) is 14.8. The summed E-state index contributed by atoms with van der Waals surface area (Å²) < 4.78 is 5.31. The van der Waals surface area contributed by atoms with Crippen LogP contribution in [-0.2, 0) is 0 Å². The van der Waals surface area contributed by atoms with Gasteiger partial charge in [-0.15, -0.1) is 0 Å². The van der Waals surface area contributed by atoms with E-state index in [0.717, 1.165) is 30.2 Å². The number of methoxy groups -OCH3 is 1. The molecular formula is C21H29N5O2. The molecule has 0 aliphatic carbocycles. The van der Waals surface area contributed by atoms with Gasteiger partial charge in [0.15, 0.2) is 0 Å². The van der Waals surface area contributed by atoms with Crippen LogP contribution >= 0.6 is 0 Å². The molecule has 1 aromatic heterocycles. The first kappa shape index (κ1) is 19.9. The Morgan fingerprint density at radius 1 is 1.25 bits per heavy atom. The van der Waals surface area contributed by atoms with E-state index in [4.69, 9.17) is 4.74 Å². The summed E-state index contributed by atoms with van der Waals surface area (Å²) in [6, 6.07) is 11.5. The van der Waals surface area contributed by atoms with Gasteiger partial charge in [-0.1, -0.05) is 12.1 Å². The molecule has 1 fully saturated rings. The third-order valence-corrected chi connectivity index (χ3v) is 4.99. The Morgan fingerprint density at radius 3 is 2.68 bits per heavy atom. The van der Waals surface area contributed by atoms with Crippen molar-refractivity contribution in [3.63, 3.8) is 0 Å². The number of pyridine rings is 1. The molecule has 28 heavy (non-hydrogen) atoms. The Kier molecular flexibility index (Phi) is 6.71. The quantitative estimate of drug-likeness (QED) is 0.769. The molecule has 2 N–H and O–H groups in total. The van der Waals surface area contributed by atoms with Crippen LogP contribution in [0.3, 0.4) is 0 Å². The van der Waals surface area contributed by atoms with Crippen LogP contribution in [0.5, 0.6) is 5.75 Å². The van der Waals surface area contributed by atoms with Gasteiger partial charge in [0.05, 0.1) is 25.0 Å². The van der Waals surface area contributed by atoms with Crippen molar-refractivity contribution in [3.05, 3.63) is 48.2 Å². The number of carbonyl (C=O) groups is 1. The van der Waals surface area contributed by atoms with E-state index in [1.54, 1.807) is 13.3 Å². The lowest BCUT2D eigenvalue weighted by Crippen LogP contribution is -2.36. The molecule has 2 aromatic rings. The van der Waals surface area contributed by atoms with Crippen molar-refractivity contribution in [1.82, 2.24) is 15.2 Å². The number of hydrogen-bond donors (Lipinski definition) is 2. The van der Waals surface area contributed by atoms with Crippen molar-refractivity contribution < 1.29 is 9.53 Å². The molecule has 1 aliphatic rings. The second-order valence-electron chi connectivity index (χ2n) is 7.19. The molecule has 0 bridgehead atoms. The summed E-state index contributed by atoms with van der Waals surface area (Å²) in [5.41, 5.74) is 1.77. The van der Waals surface area contributed by atoms with Crippen molar-refractivity contribution in [2.75, 3.05) is 51.1 Å². The van der Waals surface area contributed by atoms with Crippen LogP contribution in [0.2, 0.25) is 0 Å². The van der Waals surface area contributed by atoms with Gasteiger partial charge in [-0.3, -0.25) is 0 Å². The van der Waals surface area contributed by atoms with Crippen molar-refractivity contribution in [2.45, 2.75) is 18.9 Å². The van der Waals surface area contributed by atoms with Gasteiger partial charge in [-0.05, 0) is 56.8 Å². The minimum Gasteiger partial charge on any atom is -0.497 e. The van der Waals surface area contributed by atoms with E-state index < -0.39 is 0 Å². The first-order valence-electron chi connectivity index (χ1n) is 9.63. The van der Waals surface area contributed by atoms with Crippen LogP contribution in [0.25, 0.3) is 0 Å². The summed E-state index contributed by atoms with van der Waals surface area (Å²) in [6.07, 6.45) is 4.13. The number of carbonyl (C=O) groups excluding carboxylic acids is 1. The first-order chi connectivity index (χ1) is 13.6. The average molecular weight is 383 g/mol. The smallest absolute Gasteiger partial charge is 0.319 e. The van der Waals surface area contributed by atoms with Gasteiger partial charge in [-0.2, -0.15) is 0 Å². The van der Waals surface area contributed by atoms with Crippen LogP contribution in [0.4, 0.5) is 16.3 Å². The van der Waals surface area contributed by atoms with Gasteiger partial charge in [0, 0.05) is 19.6 Å². The number of hydrogen-bond acceptors (Lipinski definition) is 5. The minimum absolute atomic E-state index is 0.0384. The van der Waals surface area contributed by atoms with Gasteiger partial charge in [0.1, 0.15) is 11.6 Å². The zero-order valence-electron chi connectivity index (χ0n) is 16.8. The summed E-state index contributed by atoms with van der Waals surface area (Å²) >= 11 is 0. The molecule has 1 aromatic carbocycles. The van der Waals surface area contributed by atoms with Gasteiger partial charge >= 0.3 is 6.03 Å². The van der Waals surface area contributed by atoms with E-state index >= 15 is 0 Å². The number of benzene rings is 1. The van der Waals surface area contributed by atoms with E-state index in [1.165, 1.54) is 12.8 Å². The fourth-order valence-electron chi connectivity index (χ4n) is 3.41. The molecule has 1 unspecified atom stereocenters. The van der Waals surface area contributed by atoms with E-state index in [9.17, 15) is 4.79 Å². The number of rotatable bonds is 7. The third-order valence-electron chi connectivity index (χ3n) is 4.99. The molecule has 3 rings (SSSR count). The predicted molar refractivity (Wildman–Crippen MR) is 112 cm³/mol. The molecule has 1 saturated heterocycles. The number of amides is 2. The highest BCUT2D eigenvalue weighted by Crippen LogP contribution is 2.22. The number of urea groups is 1. The van der Waals surface area contributed by atoms with Crippen LogP contribution in [0.1, 0.15) is 24.4 Å². The lowest BCUT2D eigenvalue weighted by molar-refractivity contribution is 0.243. The van der Waals surface area contributed by atoms with Gasteiger partial charge in [0.25, 0.3) is 0 Å². The van der Waals surface area contributed by atoms with E-state index in [0.29, 0.717) is 12.2 Å². The minimum atomic E-state index is -0.245. The average Bonchev–Trinajstić information content (AvgIpc) is 3.23. The molecule has 2 heterocycles.